The molecule has 2 aromatic rings. The van der Waals surface area contributed by atoms with Gasteiger partial charge in [0.15, 0.2) is 5.13 Å². The molecule has 1 atom stereocenters. The first-order valence-corrected chi connectivity index (χ1v) is 11.0. The number of fused-ring (bicyclic) bond motifs is 1. The summed E-state index contributed by atoms with van der Waals surface area (Å²) in [5.41, 5.74) is 1.72. The van der Waals surface area contributed by atoms with Crippen LogP contribution in [0.5, 0.6) is 0 Å². The fourth-order valence-electron chi connectivity index (χ4n) is 4.14. The number of rotatable bonds is 5. The van der Waals surface area contributed by atoms with Crippen molar-refractivity contribution < 1.29 is 9.59 Å². The smallest absolute Gasteiger partial charge is 0.255 e. The minimum absolute atomic E-state index is 0.0399. The number of hydrogen-bond acceptors (Lipinski definition) is 4. The van der Waals surface area contributed by atoms with E-state index in [0.717, 1.165) is 34.2 Å². The molecule has 7 heteroatoms. The van der Waals surface area contributed by atoms with Gasteiger partial charge in [-0.1, -0.05) is 61.6 Å². The molecule has 1 aromatic heterocycles. The number of nitrogens with one attached hydrogen (secondary N) is 1. The van der Waals surface area contributed by atoms with E-state index in [2.05, 4.69) is 26.2 Å². The molecule has 1 fully saturated rings. The van der Waals surface area contributed by atoms with Crippen LogP contribution in [0, 0.1) is 5.92 Å². The van der Waals surface area contributed by atoms with Crippen molar-refractivity contribution in [2.75, 3.05) is 5.32 Å². The van der Waals surface area contributed by atoms with Gasteiger partial charge in [0.25, 0.3) is 5.91 Å². The Morgan fingerprint density at radius 2 is 2.07 bits per heavy atom. The first kappa shape index (κ1) is 18.6. The van der Waals surface area contributed by atoms with Gasteiger partial charge in [-0.2, -0.15) is 0 Å². The lowest BCUT2D eigenvalue weighted by atomic mass is 9.84. The molecule has 1 saturated carbocycles. The second-order valence-corrected chi connectivity index (χ2v) is 9.71. The van der Waals surface area contributed by atoms with Gasteiger partial charge in [0.1, 0.15) is 6.04 Å². The van der Waals surface area contributed by atoms with E-state index < -0.39 is 6.04 Å². The number of carbonyl (C=O) groups excluding carboxylic acids is 2. The van der Waals surface area contributed by atoms with Crippen LogP contribution in [0.15, 0.2) is 34.2 Å². The lowest BCUT2D eigenvalue weighted by Crippen LogP contribution is -2.45. The predicted molar refractivity (Wildman–Crippen MR) is 110 cm³/mol. The molecule has 27 heavy (non-hydrogen) atoms. The molecule has 1 N–H and O–H groups in total. The lowest BCUT2D eigenvalue weighted by molar-refractivity contribution is -0.121. The summed E-state index contributed by atoms with van der Waals surface area (Å²) in [6.45, 7) is 0.501. The third kappa shape index (κ3) is 4.09. The van der Waals surface area contributed by atoms with Gasteiger partial charge in [-0.15, -0.1) is 0 Å². The van der Waals surface area contributed by atoms with Crippen LogP contribution in [0.25, 0.3) is 0 Å². The van der Waals surface area contributed by atoms with Crippen LogP contribution in [0.2, 0.25) is 0 Å². The van der Waals surface area contributed by atoms with Crippen molar-refractivity contribution in [1.29, 1.82) is 0 Å². The van der Waals surface area contributed by atoms with Gasteiger partial charge in [-0.3, -0.25) is 9.59 Å². The van der Waals surface area contributed by atoms with Gasteiger partial charge in [0.05, 0.1) is 9.98 Å². The summed E-state index contributed by atoms with van der Waals surface area (Å²) in [4.78, 5) is 32.0. The van der Waals surface area contributed by atoms with Gasteiger partial charge < -0.3 is 10.2 Å². The molecule has 1 aromatic carbocycles. The fourth-order valence-corrected chi connectivity index (χ4v) is 5.25. The quantitative estimate of drug-likeness (QED) is 0.712. The molecule has 2 heterocycles. The number of carbonyl (C=O) groups is 2. The molecule has 1 aliphatic carbocycles. The summed E-state index contributed by atoms with van der Waals surface area (Å²) in [7, 11) is 0. The van der Waals surface area contributed by atoms with Gasteiger partial charge in [0, 0.05) is 12.1 Å². The predicted octanol–water partition coefficient (Wildman–Crippen LogP) is 4.84. The Bertz CT molecular complexity index is 847. The summed E-state index contributed by atoms with van der Waals surface area (Å²) in [5, 5.41) is 3.48. The molecule has 0 saturated heterocycles. The van der Waals surface area contributed by atoms with Crippen molar-refractivity contribution in [2.45, 2.75) is 51.1 Å². The minimum Gasteiger partial charge on any atom is -0.322 e. The third-order valence-electron chi connectivity index (χ3n) is 5.52. The third-order valence-corrected chi connectivity index (χ3v) is 6.91. The average molecular weight is 448 g/mol. The lowest BCUT2D eigenvalue weighted by Gasteiger charge is -2.31. The second-order valence-electron chi connectivity index (χ2n) is 7.30. The molecule has 0 bridgehead atoms. The van der Waals surface area contributed by atoms with E-state index in [1.165, 1.54) is 30.6 Å². The average Bonchev–Trinajstić information content (AvgIpc) is 3.24. The standard InChI is InChI=1S/C20H22BrN3O2S/c21-17-11-22-20(27-17)23-18(25)16(10-13-6-2-1-3-7-13)24-12-14-8-4-5-9-15(14)19(24)26/h4-5,8-9,11,13,16H,1-3,6-7,10,12H2,(H,22,23,25)/t16-/m0/s1. The van der Waals surface area contributed by atoms with Crippen LogP contribution >= 0.6 is 27.3 Å². The molecular formula is C20H22BrN3O2S. The maximum atomic E-state index is 13.1. The highest BCUT2D eigenvalue weighted by Crippen LogP contribution is 2.33. The van der Waals surface area contributed by atoms with Crippen LogP contribution in [-0.4, -0.2) is 27.7 Å². The van der Waals surface area contributed by atoms with Gasteiger partial charge in [-0.05, 0) is 39.9 Å². The first-order chi connectivity index (χ1) is 13.1. The highest BCUT2D eigenvalue weighted by Gasteiger charge is 2.37. The molecule has 1 aliphatic heterocycles. The van der Waals surface area contributed by atoms with Crippen LogP contribution in [0.3, 0.4) is 0 Å². The number of aromatic nitrogens is 1. The number of anilines is 1. The zero-order valence-electron chi connectivity index (χ0n) is 15.0. The van der Waals surface area contributed by atoms with E-state index >= 15 is 0 Å². The highest BCUT2D eigenvalue weighted by atomic mass is 79.9. The Balaban J connectivity index is 1.56. The van der Waals surface area contributed by atoms with E-state index in [4.69, 9.17) is 0 Å². The van der Waals surface area contributed by atoms with Crippen molar-refractivity contribution >= 4 is 44.2 Å². The molecular weight excluding hydrogens is 426 g/mol. The van der Waals surface area contributed by atoms with Crippen molar-refractivity contribution in [3.05, 3.63) is 45.4 Å². The van der Waals surface area contributed by atoms with Crippen molar-refractivity contribution in [3.63, 3.8) is 0 Å². The number of hydrogen-bond donors (Lipinski definition) is 1. The zero-order valence-corrected chi connectivity index (χ0v) is 17.4. The summed E-state index contributed by atoms with van der Waals surface area (Å²) in [5.74, 6) is 0.319. The maximum absolute atomic E-state index is 13.1. The number of benzene rings is 1. The molecule has 0 spiro atoms. The van der Waals surface area contributed by atoms with Crippen molar-refractivity contribution in [3.8, 4) is 0 Å². The Kier molecular flexibility index (Phi) is 5.59. The monoisotopic (exact) mass is 447 g/mol. The summed E-state index contributed by atoms with van der Waals surface area (Å²) in [6.07, 6.45) is 8.38. The minimum atomic E-state index is -0.462. The molecule has 2 amide bonds. The molecule has 5 nitrogen and oxygen atoms in total. The maximum Gasteiger partial charge on any atom is 0.255 e. The van der Waals surface area contributed by atoms with Gasteiger partial charge >= 0.3 is 0 Å². The number of amides is 2. The van der Waals surface area contributed by atoms with E-state index in [1.54, 1.807) is 11.1 Å². The Hall–Kier alpha value is -1.73. The van der Waals surface area contributed by atoms with Crippen LogP contribution in [-0.2, 0) is 11.3 Å². The Morgan fingerprint density at radius 1 is 1.30 bits per heavy atom. The second kappa shape index (κ2) is 8.10. The SMILES string of the molecule is O=C(Nc1ncc(Br)s1)[C@H](CC1CCCCC1)N1Cc2ccccc2C1=O. The summed E-state index contributed by atoms with van der Waals surface area (Å²) >= 11 is 4.75. The summed E-state index contributed by atoms with van der Waals surface area (Å²) in [6, 6.07) is 7.18. The zero-order chi connectivity index (χ0) is 18.8. The van der Waals surface area contributed by atoms with E-state index in [-0.39, 0.29) is 11.8 Å². The largest absolute Gasteiger partial charge is 0.322 e. The topological polar surface area (TPSA) is 62.3 Å². The van der Waals surface area contributed by atoms with Crippen LogP contribution < -0.4 is 5.32 Å². The van der Waals surface area contributed by atoms with E-state index in [1.807, 2.05) is 24.3 Å². The molecule has 0 unspecified atom stereocenters. The van der Waals surface area contributed by atoms with E-state index in [9.17, 15) is 9.59 Å². The molecule has 4 rings (SSSR count). The number of thiazole rings is 1. The molecule has 0 radical (unpaired) electrons. The number of halogens is 1. The number of nitrogens with zero attached hydrogens (tertiary/aromatic N) is 2. The normalized spacial score (nSPS) is 18.4. The molecule has 142 valence electrons. The highest BCUT2D eigenvalue weighted by molar-refractivity contribution is 9.11. The van der Waals surface area contributed by atoms with Gasteiger partial charge in [0.2, 0.25) is 5.91 Å². The van der Waals surface area contributed by atoms with Crippen LogP contribution in [0.1, 0.15) is 54.4 Å². The van der Waals surface area contributed by atoms with Crippen molar-refractivity contribution in [2.24, 2.45) is 5.92 Å². The summed E-state index contributed by atoms with van der Waals surface area (Å²) < 4.78 is 0.867. The molecule has 2 aliphatic rings. The van der Waals surface area contributed by atoms with Crippen LogP contribution in [0.4, 0.5) is 5.13 Å². The Morgan fingerprint density at radius 3 is 2.78 bits per heavy atom. The fraction of sp³-hybridized carbons (Fsp3) is 0.450. The first-order valence-electron chi connectivity index (χ1n) is 9.43. The van der Waals surface area contributed by atoms with Gasteiger partial charge in [-0.25, -0.2) is 4.98 Å². The Labute approximate surface area is 171 Å². The van der Waals surface area contributed by atoms with Crippen molar-refractivity contribution in [1.82, 2.24) is 9.88 Å². The van der Waals surface area contributed by atoms with E-state index in [0.29, 0.717) is 17.6 Å².